The number of ether oxygens (including phenoxy) is 1. The lowest BCUT2D eigenvalue weighted by atomic mass is 9.99. The van der Waals surface area contributed by atoms with Crippen molar-refractivity contribution in [3.8, 4) is 6.07 Å². The van der Waals surface area contributed by atoms with Crippen molar-refractivity contribution in [2.24, 2.45) is 0 Å². The Kier molecular flexibility index (Phi) is 3.58. The molecule has 1 aliphatic carbocycles. The highest BCUT2D eigenvalue weighted by atomic mass is 32.2. The Balaban J connectivity index is 2.41. The Morgan fingerprint density at radius 1 is 1.67 bits per heavy atom. The average molecular weight is 262 g/mol. The van der Waals surface area contributed by atoms with Crippen LogP contribution in [0.4, 0.5) is 0 Å². The zero-order valence-corrected chi connectivity index (χ0v) is 11.2. The Labute approximate surface area is 110 Å². The van der Waals surface area contributed by atoms with Gasteiger partial charge in [-0.1, -0.05) is 6.92 Å². The van der Waals surface area contributed by atoms with Gasteiger partial charge >= 0.3 is 5.97 Å². The van der Waals surface area contributed by atoms with E-state index in [0.29, 0.717) is 5.69 Å². The molecule has 1 aromatic rings. The number of carbonyl (C=O) groups is 1. The molecule has 0 atom stereocenters. The zero-order chi connectivity index (χ0) is 13.2. The first-order valence-corrected chi connectivity index (χ1v) is 6.78. The lowest BCUT2D eigenvalue weighted by molar-refractivity contribution is 0.0589. The second-order valence-electron chi connectivity index (χ2n) is 4.19. The third-order valence-electron chi connectivity index (χ3n) is 3.05. The molecule has 0 unspecified atom stereocenters. The minimum Gasteiger partial charge on any atom is -0.464 e. The van der Waals surface area contributed by atoms with Crippen LogP contribution in [0.5, 0.6) is 0 Å². The molecule has 18 heavy (non-hydrogen) atoms. The van der Waals surface area contributed by atoms with Gasteiger partial charge < -0.3 is 4.74 Å². The largest absolute Gasteiger partial charge is 0.464 e. The summed E-state index contributed by atoms with van der Waals surface area (Å²) in [4.78, 5) is 16.6. The number of methoxy groups -OCH3 is 1. The number of carbonyl (C=O) groups excluding carboxylic acids is 1. The topological polar surface area (TPSA) is 63.0 Å². The summed E-state index contributed by atoms with van der Waals surface area (Å²) in [6.45, 7) is 2.01. The smallest absolute Gasteiger partial charge is 0.357 e. The third kappa shape index (κ3) is 2.21. The van der Waals surface area contributed by atoms with Gasteiger partial charge in [0.15, 0.2) is 5.69 Å². The summed E-state index contributed by atoms with van der Waals surface area (Å²) in [5, 5.41) is 9.18. The molecule has 0 amide bonds. The third-order valence-corrected chi connectivity index (χ3v) is 3.96. The van der Waals surface area contributed by atoms with E-state index in [-0.39, 0.29) is 5.41 Å². The van der Waals surface area contributed by atoms with Crippen LogP contribution in [0.1, 0.15) is 35.8 Å². The first-order chi connectivity index (χ1) is 8.66. The molecule has 0 radical (unpaired) electrons. The molecule has 0 aromatic carbocycles. The summed E-state index contributed by atoms with van der Waals surface area (Å²) in [5.41, 5.74) is 0.875. The summed E-state index contributed by atoms with van der Waals surface area (Å²) in [6, 6.07) is 4.24. The van der Waals surface area contributed by atoms with Gasteiger partial charge in [-0.05, 0) is 30.2 Å². The average Bonchev–Trinajstić information content (AvgIpc) is 3.19. The number of hydrogen-bond donors (Lipinski definition) is 0. The van der Waals surface area contributed by atoms with Gasteiger partial charge in [0.05, 0.1) is 18.6 Å². The first kappa shape index (κ1) is 12.9. The fraction of sp³-hybridized carbons (Fsp3) is 0.462. The van der Waals surface area contributed by atoms with Crippen LogP contribution in [0.2, 0.25) is 0 Å². The number of thioether (sulfide) groups is 1. The standard InChI is InChI=1S/C13H14N2O2S/c1-3-18-10-6-9(13(8-14)4-5-13)7-15-11(10)12(16)17-2/h6-7H,3-5H2,1-2H3. The van der Waals surface area contributed by atoms with Gasteiger partial charge in [-0.25, -0.2) is 9.78 Å². The number of nitriles is 1. The molecule has 5 heteroatoms. The molecule has 0 aliphatic heterocycles. The quantitative estimate of drug-likeness (QED) is 0.616. The van der Waals surface area contributed by atoms with Crippen LogP contribution in [0.25, 0.3) is 0 Å². The SMILES string of the molecule is CCSc1cc(C2(C#N)CC2)cnc1C(=O)OC. The van der Waals surface area contributed by atoms with Crippen LogP contribution in [0, 0.1) is 11.3 Å². The van der Waals surface area contributed by atoms with Crippen molar-refractivity contribution >= 4 is 17.7 Å². The number of hydrogen-bond acceptors (Lipinski definition) is 5. The van der Waals surface area contributed by atoms with Crippen LogP contribution in [-0.4, -0.2) is 23.8 Å². The van der Waals surface area contributed by atoms with Crippen molar-refractivity contribution in [1.82, 2.24) is 4.98 Å². The minimum atomic E-state index is -0.431. The van der Waals surface area contributed by atoms with Gasteiger partial charge in [-0.3, -0.25) is 0 Å². The lowest BCUT2D eigenvalue weighted by Crippen LogP contribution is -2.10. The van der Waals surface area contributed by atoms with Crippen molar-refractivity contribution in [2.45, 2.75) is 30.1 Å². The van der Waals surface area contributed by atoms with E-state index < -0.39 is 5.97 Å². The highest BCUT2D eigenvalue weighted by molar-refractivity contribution is 7.99. The van der Waals surface area contributed by atoms with Crippen LogP contribution in [0.15, 0.2) is 17.2 Å². The van der Waals surface area contributed by atoms with Gasteiger partial charge in [-0.2, -0.15) is 5.26 Å². The molecule has 1 aromatic heterocycles. The first-order valence-electron chi connectivity index (χ1n) is 5.79. The molecule has 1 fully saturated rings. The summed E-state index contributed by atoms with van der Waals surface area (Å²) < 4.78 is 4.71. The predicted octanol–water partition coefficient (Wildman–Crippen LogP) is 2.54. The molecule has 0 spiro atoms. The minimum absolute atomic E-state index is 0.335. The monoisotopic (exact) mass is 262 g/mol. The van der Waals surface area contributed by atoms with E-state index in [1.54, 1.807) is 18.0 Å². The molecule has 0 bridgehead atoms. The highest BCUT2D eigenvalue weighted by Crippen LogP contribution is 2.48. The summed E-state index contributed by atoms with van der Waals surface area (Å²) in [5.74, 6) is 0.411. The van der Waals surface area contributed by atoms with E-state index >= 15 is 0 Å². The van der Waals surface area contributed by atoms with Crippen molar-refractivity contribution in [2.75, 3.05) is 12.9 Å². The Hall–Kier alpha value is -1.54. The van der Waals surface area contributed by atoms with E-state index in [0.717, 1.165) is 29.1 Å². The number of pyridine rings is 1. The van der Waals surface area contributed by atoms with E-state index in [1.807, 2.05) is 13.0 Å². The second kappa shape index (κ2) is 4.99. The highest BCUT2D eigenvalue weighted by Gasteiger charge is 2.45. The van der Waals surface area contributed by atoms with E-state index in [1.165, 1.54) is 7.11 Å². The van der Waals surface area contributed by atoms with Gasteiger partial charge in [-0.15, -0.1) is 11.8 Å². The predicted molar refractivity (Wildman–Crippen MR) is 68.5 cm³/mol. The van der Waals surface area contributed by atoms with Crippen LogP contribution in [0.3, 0.4) is 0 Å². The molecule has 0 N–H and O–H groups in total. The maximum Gasteiger partial charge on any atom is 0.357 e. The molecular formula is C13H14N2O2S. The zero-order valence-electron chi connectivity index (χ0n) is 10.4. The molecule has 1 heterocycles. The van der Waals surface area contributed by atoms with Crippen molar-refractivity contribution < 1.29 is 9.53 Å². The second-order valence-corrected chi connectivity index (χ2v) is 5.50. The fourth-order valence-electron chi connectivity index (χ4n) is 1.81. The number of nitrogens with zero attached hydrogens (tertiary/aromatic N) is 2. The van der Waals surface area contributed by atoms with E-state index in [9.17, 15) is 10.1 Å². The van der Waals surface area contributed by atoms with Gasteiger partial charge in [0.1, 0.15) is 0 Å². The van der Waals surface area contributed by atoms with Gasteiger partial charge in [0.2, 0.25) is 0 Å². The number of esters is 1. The number of rotatable bonds is 4. The maximum absolute atomic E-state index is 11.6. The van der Waals surface area contributed by atoms with E-state index in [4.69, 9.17) is 4.74 Å². The number of aromatic nitrogens is 1. The Morgan fingerprint density at radius 3 is 2.89 bits per heavy atom. The van der Waals surface area contributed by atoms with Crippen molar-refractivity contribution in [3.63, 3.8) is 0 Å². The summed E-state index contributed by atoms with van der Waals surface area (Å²) in [6.07, 6.45) is 3.38. The van der Waals surface area contributed by atoms with Crippen LogP contribution >= 0.6 is 11.8 Å². The molecular weight excluding hydrogens is 248 g/mol. The molecule has 0 saturated heterocycles. The maximum atomic E-state index is 11.6. The van der Waals surface area contributed by atoms with Crippen LogP contribution in [-0.2, 0) is 10.2 Å². The molecule has 4 nitrogen and oxygen atoms in total. The Bertz CT molecular complexity index is 518. The molecule has 94 valence electrons. The van der Waals surface area contributed by atoms with Crippen LogP contribution < -0.4 is 0 Å². The fourth-order valence-corrected chi connectivity index (χ4v) is 2.61. The molecule has 1 saturated carbocycles. The lowest BCUT2D eigenvalue weighted by Gasteiger charge is -2.10. The van der Waals surface area contributed by atoms with Gasteiger partial charge in [0.25, 0.3) is 0 Å². The molecule has 1 aliphatic rings. The van der Waals surface area contributed by atoms with Gasteiger partial charge in [0, 0.05) is 11.1 Å². The van der Waals surface area contributed by atoms with Crippen molar-refractivity contribution in [3.05, 3.63) is 23.5 Å². The molecule has 2 rings (SSSR count). The van der Waals surface area contributed by atoms with E-state index in [2.05, 4.69) is 11.1 Å². The normalized spacial score (nSPS) is 15.8. The summed E-state index contributed by atoms with van der Waals surface area (Å²) >= 11 is 1.54. The summed E-state index contributed by atoms with van der Waals surface area (Å²) in [7, 11) is 1.34. The van der Waals surface area contributed by atoms with Crippen molar-refractivity contribution in [1.29, 1.82) is 5.26 Å². The Morgan fingerprint density at radius 2 is 2.39 bits per heavy atom.